The summed E-state index contributed by atoms with van der Waals surface area (Å²) in [6.45, 7) is 0. The number of nitro benzene ring substituents is 1. The lowest BCUT2D eigenvalue weighted by Gasteiger charge is -2.49. The molecule has 2 aliphatic rings. The maximum Gasteiger partial charge on any atom is 0.294 e. The zero-order chi connectivity index (χ0) is 26.9. The van der Waals surface area contributed by atoms with Crippen LogP contribution in [-0.2, 0) is 4.79 Å². The van der Waals surface area contributed by atoms with Crippen LogP contribution >= 0.6 is 58.0 Å². The molecule has 2 atom stereocenters. The first-order chi connectivity index (χ1) is 17.5. The average molecular weight is 604 g/mol. The molecular formula is C23H9Cl5FN3O5. The van der Waals surface area contributed by atoms with Crippen LogP contribution in [0.15, 0.2) is 42.5 Å². The number of carbonyl (C=O) groups excluding carboxylic acids is 3. The first kappa shape index (κ1) is 25.7. The van der Waals surface area contributed by atoms with E-state index in [9.17, 15) is 28.9 Å². The molecule has 3 aromatic carbocycles. The summed E-state index contributed by atoms with van der Waals surface area (Å²) in [6, 6.07) is 5.96. The Balaban J connectivity index is 1.67. The van der Waals surface area contributed by atoms with E-state index >= 15 is 0 Å². The van der Waals surface area contributed by atoms with E-state index in [1.54, 1.807) is 0 Å². The number of benzene rings is 3. The predicted molar refractivity (Wildman–Crippen MR) is 136 cm³/mol. The highest BCUT2D eigenvalue weighted by atomic mass is 35.5. The smallest absolute Gasteiger partial charge is 0.294 e. The second kappa shape index (κ2) is 9.11. The quantitative estimate of drug-likeness (QED) is 0.0820. The van der Waals surface area contributed by atoms with Gasteiger partial charge in [0.25, 0.3) is 23.4 Å². The fourth-order valence-electron chi connectivity index (χ4n) is 4.45. The third kappa shape index (κ3) is 3.76. The molecule has 3 amide bonds. The average Bonchev–Trinajstić information content (AvgIpc) is 3.11. The van der Waals surface area contributed by atoms with Crippen LogP contribution in [0.4, 0.5) is 15.8 Å². The largest absolute Gasteiger partial charge is 0.294 e. The predicted octanol–water partition coefficient (Wildman–Crippen LogP) is 6.75. The number of imide groups is 1. The number of nitro groups is 1. The van der Waals surface area contributed by atoms with Gasteiger partial charge in [-0.2, -0.15) is 0 Å². The zero-order valence-corrected chi connectivity index (χ0v) is 21.6. The van der Waals surface area contributed by atoms with Crippen molar-refractivity contribution >= 4 is 87.1 Å². The Kier molecular flexibility index (Phi) is 6.32. The van der Waals surface area contributed by atoms with Gasteiger partial charge in [-0.25, -0.2) is 4.39 Å². The van der Waals surface area contributed by atoms with Crippen molar-refractivity contribution in [3.05, 3.63) is 100 Å². The van der Waals surface area contributed by atoms with Gasteiger partial charge in [-0.05, 0) is 29.8 Å². The van der Waals surface area contributed by atoms with Gasteiger partial charge in [0.2, 0.25) is 0 Å². The van der Waals surface area contributed by atoms with Gasteiger partial charge < -0.3 is 0 Å². The molecule has 0 aromatic heterocycles. The Bertz CT molecular complexity index is 1520. The van der Waals surface area contributed by atoms with Crippen molar-refractivity contribution < 1.29 is 23.7 Å². The van der Waals surface area contributed by atoms with Crippen LogP contribution < -0.4 is 4.90 Å². The molecular weight excluding hydrogens is 595 g/mol. The lowest BCUT2D eigenvalue weighted by molar-refractivity contribution is -0.384. The minimum atomic E-state index is -1.47. The molecule has 2 aliphatic heterocycles. The Morgan fingerprint density at radius 3 is 1.81 bits per heavy atom. The van der Waals surface area contributed by atoms with E-state index in [1.807, 2.05) is 0 Å². The lowest BCUT2D eigenvalue weighted by atomic mass is 9.86. The van der Waals surface area contributed by atoms with Crippen LogP contribution in [0, 0.1) is 15.9 Å². The summed E-state index contributed by atoms with van der Waals surface area (Å²) >= 11 is 30.5. The van der Waals surface area contributed by atoms with Crippen molar-refractivity contribution in [3.63, 3.8) is 0 Å². The molecule has 0 radical (unpaired) electrons. The van der Waals surface area contributed by atoms with Crippen molar-refractivity contribution in [3.8, 4) is 0 Å². The van der Waals surface area contributed by atoms with Crippen molar-refractivity contribution in [2.24, 2.45) is 0 Å². The third-order valence-electron chi connectivity index (χ3n) is 6.08. The number of carbonyl (C=O) groups is 3. The summed E-state index contributed by atoms with van der Waals surface area (Å²) in [5.41, 5.74) is -0.984. The monoisotopic (exact) mass is 601 g/mol. The molecule has 2 unspecified atom stereocenters. The molecule has 0 aliphatic carbocycles. The van der Waals surface area contributed by atoms with E-state index in [0.29, 0.717) is 10.5 Å². The topological polar surface area (TPSA) is 101 Å². The van der Waals surface area contributed by atoms with E-state index in [1.165, 1.54) is 24.3 Å². The molecule has 1 saturated heterocycles. The van der Waals surface area contributed by atoms with Gasteiger partial charge in [-0.3, -0.25) is 34.3 Å². The van der Waals surface area contributed by atoms with E-state index in [-0.39, 0.29) is 41.9 Å². The van der Waals surface area contributed by atoms with Crippen molar-refractivity contribution in [2.75, 3.05) is 4.90 Å². The fraction of sp³-hybridized carbons (Fsp3) is 0.0870. The summed E-state index contributed by atoms with van der Waals surface area (Å²) < 4.78 is 13.7. The first-order valence-corrected chi connectivity index (χ1v) is 12.1. The van der Waals surface area contributed by atoms with Crippen molar-refractivity contribution in [2.45, 2.75) is 12.1 Å². The summed E-state index contributed by atoms with van der Waals surface area (Å²) in [5.74, 6) is -3.32. The Morgan fingerprint density at radius 1 is 0.757 bits per heavy atom. The standard InChI is InChI=1S/C23H9Cl5FN3O5/c24-9-3-6-11(12(7-9)32(36)37)30-19(8-1-4-10(29)5-2-8)20(23(30)35)31-21(33)13-14(22(31)34)16(26)18(28)17(27)15(13)25/h1-7,19-20H. The van der Waals surface area contributed by atoms with Gasteiger partial charge in [0.1, 0.15) is 17.5 Å². The minimum absolute atomic E-state index is 0.0525. The van der Waals surface area contributed by atoms with Gasteiger partial charge in [0.15, 0.2) is 0 Å². The Hall–Kier alpha value is -2.95. The van der Waals surface area contributed by atoms with Crippen molar-refractivity contribution in [1.82, 2.24) is 4.90 Å². The molecule has 3 aromatic rings. The summed E-state index contributed by atoms with van der Waals surface area (Å²) in [7, 11) is 0. The normalized spacial score (nSPS) is 18.8. The van der Waals surface area contributed by atoms with Gasteiger partial charge in [0.05, 0.1) is 42.2 Å². The molecule has 0 bridgehead atoms. The number of hydrogen-bond donors (Lipinski definition) is 0. The molecule has 0 N–H and O–H groups in total. The summed E-state index contributed by atoms with van der Waals surface area (Å²) in [5, 5.41) is 10.7. The summed E-state index contributed by atoms with van der Waals surface area (Å²) in [6.07, 6.45) is 0. The SMILES string of the molecule is O=C1c2c(Cl)c(Cl)c(Cl)c(Cl)c2C(=O)N1C1C(=O)N(c2ccc(Cl)cc2[N+](=O)[O-])C1c1ccc(F)cc1. The molecule has 1 fully saturated rings. The number of β-lactam (4-membered cyclic amide) rings is 1. The van der Waals surface area contributed by atoms with E-state index in [0.717, 1.165) is 23.1 Å². The maximum absolute atomic E-state index is 13.7. The Labute approximate surface area is 232 Å². The second-order valence-corrected chi connectivity index (χ2v) is 9.97. The molecule has 14 heteroatoms. The number of rotatable bonds is 4. The fourth-order valence-corrected chi connectivity index (χ4v) is 5.63. The van der Waals surface area contributed by atoms with E-state index < -0.39 is 46.2 Å². The van der Waals surface area contributed by atoms with Crippen LogP contribution in [-0.4, -0.2) is 33.6 Å². The molecule has 0 saturated carbocycles. The van der Waals surface area contributed by atoms with Crippen molar-refractivity contribution in [1.29, 1.82) is 0 Å². The summed E-state index contributed by atoms with van der Waals surface area (Å²) in [4.78, 5) is 53.1. The van der Waals surface area contributed by atoms with E-state index in [4.69, 9.17) is 58.0 Å². The number of hydrogen-bond acceptors (Lipinski definition) is 5. The van der Waals surface area contributed by atoms with Gasteiger partial charge in [0, 0.05) is 11.1 Å². The molecule has 5 rings (SSSR count). The number of fused-ring (bicyclic) bond motifs is 1. The zero-order valence-electron chi connectivity index (χ0n) is 17.8. The van der Waals surface area contributed by atoms with Crippen LogP contribution in [0.25, 0.3) is 0 Å². The van der Waals surface area contributed by atoms with Crippen LogP contribution in [0.3, 0.4) is 0 Å². The van der Waals surface area contributed by atoms with Gasteiger partial charge in [-0.15, -0.1) is 0 Å². The maximum atomic E-state index is 13.7. The first-order valence-electron chi connectivity index (χ1n) is 10.2. The molecule has 8 nitrogen and oxygen atoms in total. The van der Waals surface area contributed by atoms with E-state index in [2.05, 4.69) is 0 Å². The highest BCUT2D eigenvalue weighted by Crippen LogP contribution is 2.50. The highest BCUT2D eigenvalue weighted by Gasteiger charge is 2.59. The number of halogens is 6. The highest BCUT2D eigenvalue weighted by molar-refractivity contribution is 6.55. The van der Waals surface area contributed by atoms with Gasteiger partial charge in [-0.1, -0.05) is 70.1 Å². The number of amides is 3. The van der Waals surface area contributed by atoms with Crippen LogP contribution in [0.1, 0.15) is 32.3 Å². The molecule has 2 heterocycles. The second-order valence-electron chi connectivity index (χ2n) is 8.03. The molecule has 188 valence electrons. The number of anilines is 1. The third-order valence-corrected chi connectivity index (χ3v) is 8.12. The number of nitrogens with zero attached hydrogens (tertiary/aromatic N) is 3. The molecule has 0 spiro atoms. The Morgan fingerprint density at radius 2 is 1.30 bits per heavy atom. The molecule has 37 heavy (non-hydrogen) atoms. The van der Waals surface area contributed by atoms with Crippen LogP contribution in [0.2, 0.25) is 25.1 Å². The van der Waals surface area contributed by atoms with Crippen LogP contribution in [0.5, 0.6) is 0 Å². The van der Waals surface area contributed by atoms with Gasteiger partial charge >= 0.3 is 0 Å². The lowest BCUT2D eigenvalue weighted by Crippen LogP contribution is -2.67. The minimum Gasteiger partial charge on any atom is -0.294 e.